The van der Waals surface area contributed by atoms with Crippen LogP contribution in [0.4, 0.5) is 0 Å². The minimum atomic E-state index is -0.422. The molecule has 2 aromatic heterocycles. The van der Waals surface area contributed by atoms with E-state index in [1.807, 2.05) is 44.2 Å². The molecule has 5 rings (SSSR count). The van der Waals surface area contributed by atoms with Gasteiger partial charge in [0.1, 0.15) is 12.4 Å². The van der Waals surface area contributed by atoms with Gasteiger partial charge < -0.3 is 29.1 Å². The van der Waals surface area contributed by atoms with Crippen LogP contribution in [0, 0.1) is 5.92 Å². The number of carbonyl (C=O) groups is 3. The minimum absolute atomic E-state index is 0.00897. The van der Waals surface area contributed by atoms with Gasteiger partial charge in [0, 0.05) is 62.9 Å². The van der Waals surface area contributed by atoms with Crippen LogP contribution in [-0.4, -0.2) is 84.1 Å². The number of hydrogen-bond acceptors (Lipinski definition) is 8. The van der Waals surface area contributed by atoms with Crippen molar-refractivity contribution < 1.29 is 28.4 Å². The van der Waals surface area contributed by atoms with Crippen LogP contribution in [0.15, 0.2) is 53.3 Å². The van der Waals surface area contributed by atoms with Crippen LogP contribution < -0.4 is 14.8 Å². The second-order valence-electron chi connectivity index (χ2n) is 11.3. The molecule has 11 nitrogen and oxygen atoms in total. The number of rotatable bonds is 6. The summed E-state index contributed by atoms with van der Waals surface area (Å²) in [5.74, 6) is 0.851. The van der Waals surface area contributed by atoms with E-state index in [2.05, 4.69) is 15.5 Å². The molecular weight excluding hydrogens is 550 g/mol. The summed E-state index contributed by atoms with van der Waals surface area (Å²) in [6, 6.07) is 11.1. The topological polar surface area (TPSA) is 127 Å². The molecule has 0 radical (unpaired) electrons. The molecule has 1 aromatic carbocycles. The fraction of sp³-hybridized carbons (Fsp3) is 0.469. The van der Waals surface area contributed by atoms with Gasteiger partial charge in [0.05, 0.1) is 19.6 Å². The van der Waals surface area contributed by atoms with Gasteiger partial charge in [0.2, 0.25) is 11.8 Å². The Morgan fingerprint density at radius 1 is 1.12 bits per heavy atom. The highest BCUT2D eigenvalue weighted by atomic mass is 16.5. The lowest BCUT2D eigenvalue weighted by atomic mass is 9.88. The second kappa shape index (κ2) is 13.7. The zero-order chi connectivity index (χ0) is 30.3. The van der Waals surface area contributed by atoms with E-state index in [-0.39, 0.29) is 41.9 Å². The molecule has 4 heterocycles. The molecule has 2 atom stereocenters. The van der Waals surface area contributed by atoms with Gasteiger partial charge in [-0.1, -0.05) is 31.1 Å². The van der Waals surface area contributed by atoms with E-state index in [9.17, 15) is 14.4 Å². The van der Waals surface area contributed by atoms with Gasteiger partial charge >= 0.3 is 0 Å². The highest BCUT2D eigenvalue weighted by Crippen LogP contribution is 2.38. The Bertz CT molecular complexity index is 1420. The number of likely N-dealkylation sites (tertiary alicyclic amines) is 1. The molecule has 0 saturated carbocycles. The molecule has 0 spiro atoms. The Balaban J connectivity index is 1.34. The summed E-state index contributed by atoms with van der Waals surface area (Å²) in [5, 5.41) is 7.05. The summed E-state index contributed by atoms with van der Waals surface area (Å²) in [6.07, 6.45) is 4.96. The molecule has 0 unspecified atom stereocenters. The molecular formula is C32H39N5O6. The summed E-state index contributed by atoms with van der Waals surface area (Å²) in [4.78, 5) is 47.7. The lowest BCUT2D eigenvalue weighted by Crippen LogP contribution is -2.39. The Morgan fingerprint density at radius 2 is 1.95 bits per heavy atom. The predicted molar refractivity (Wildman–Crippen MR) is 158 cm³/mol. The summed E-state index contributed by atoms with van der Waals surface area (Å²) < 4.78 is 17.1. The van der Waals surface area contributed by atoms with Crippen LogP contribution in [0.3, 0.4) is 0 Å². The minimum Gasteiger partial charge on any atom is -0.493 e. The maximum absolute atomic E-state index is 13.5. The van der Waals surface area contributed by atoms with E-state index in [0.717, 1.165) is 11.1 Å². The van der Waals surface area contributed by atoms with Crippen LogP contribution in [0.2, 0.25) is 0 Å². The maximum atomic E-state index is 13.5. The van der Waals surface area contributed by atoms with Gasteiger partial charge in [0.15, 0.2) is 17.2 Å². The van der Waals surface area contributed by atoms with Crippen molar-refractivity contribution in [1.29, 1.82) is 0 Å². The number of nitrogens with zero attached hydrogens (tertiary/aromatic N) is 4. The van der Waals surface area contributed by atoms with Crippen molar-refractivity contribution in [2.45, 2.75) is 44.9 Å². The summed E-state index contributed by atoms with van der Waals surface area (Å²) in [7, 11) is 1.57. The molecule has 11 heteroatoms. The lowest BCUT2D eigenvalue weighted by molar-refractivity contribution is -0.130. The normalized spacial score (nSPS) is 19.3. The Hall–Kier alpha value is -4.41. The molecule has 2 aliphatic rings. The number of carbonyl (C=O) groups excluding carboxylic acids is 3. The number of ether oxygens (including phenoxy) is 2. The third-order valence-corrected chi connectivity index (χ3v) is 8.10. The highest BCUT2D eigenvalue weighted by molar-refractivity contribution is 5.92. The van der Waals surface area contributed by atoms with Crippen molar-refractivity contribution in [3.8, 4) is 11.5 Å². The van der Waals surface area contributed by atoms with Crippen molar-refractivity contribution in [2.24, 2.45) is 5.92 Å². The number of fused-ring (bicyclic) bond motifs is 4. The van der Waals surface area contributed by atoms with E-state index < -0.39 is 5.92 Å². The van der Waals surface area contributed by atoms with E-state index in [0.29, 0.717) is 69.2 Å². The molecule has 1 fully saturated rings. The first-order valence-electron chi connectivity index (χ1n) is 14.8. The monoisotopic (exact) mass is 589 g/mol. The number of methoxy groups -OCH3 is 1. The Labute approximate surface area is 251 Å². The standard InChI is InChI=1S/C32H39N5O6/c1-21(2)28-17-26(35-43-28)32(40)36-13-5-12-34-31(39)25-20-37(30(38)10-7-22-6-4-11-33-18-22)19-24(25)23-8-9-27(41-3)29(16-23)42-15-14-36/h4,6,8-9,11,16-18,21,24-25H,5,7,10,12-15,19-20H2,1-3H3,(H,34,39)/t24-,25+/m1/s1. The van der Waals surface area contributed by atoms with Gasteiger partial charge in [-0.2, -0.15) is 0 Å². The zero-order valence-corrected chi connectivity index (χ0v) is 25.0. The summed E-state index contributed by atoms with van der Waals surface area (Å²) >= 11 is 0. The third-order valence-electron chi connectivity index (χ3n) is 8.10. The van der Waals surface area contributed by atoms with Crippen molar-refractivity contribution >= 4 is 17.7 Å². The lowest BCUT2D eigenvalue weighted by Gasteiger charge is -2.24. The molecule has 3 aromatic rings. The van der Waals surface area contributed by atoms with E-state index >= 15 is 0 Å². The fourth-order valence-corrected chi connectivity index (χ4v) is 5.62. The number of nitrogens with one attached hydrogen (secondary N) is 1. The summed E-state index contributed by atoms with van der Waals surface area (Å²) in [5.41, 5.74) is 2.14. The zero-order valence-electron chi connectivity index (χ0n) is 25.0. The smallest absolute Gasteiger partial charge is 0.276 e. The molecule has 43 heavy (non-hydrogen) atoms. The molecule has 1 N–H and O–H groups in total. The first-order chi connectivity index (χ1) is 20.8. The Kier molecular flexibility index (Phi) is 9.58. The number of amides is 3. The maximum Gasteiger partial charge on any atom is 0.276 e. The summed E-state index contributed by atoms with van der Waals surface area (Å²) in [6.45, 7) is 6.06. The highest BCUT2D eigenvalue weighted by Gasteiger charge is 2.40. The molecule has 0 aliphatic carbocycles. The first-order valence-corrected chi connectivity index (χ1v) is 14.8. The van der Waals surface area contributed by atoms with E-state index in [4.69, 9.17) is 14.0 Å². The number of benzene rings is 1. The molecule has 2 bridgehead atoms. The first kappa shape index (κ1) is 30.1. The second-order valence-corrected chi connectivity index (χ2v) is 11.3. The van der Waals surface area contributed by atoms with Gasteiger partial charge in [-0.05, 0) is 42.2 Å². The molecule has 1 saturated heterocycles. The van der Waals surface area contributed by atoms with Gasteiger partial charge in [-0.25, -0.2) is 0 Å². The molecule has 228 valence electrons. The Morgan fingerprint density at radius 3 is 2.70 bits per heavy atom. The largest absolute Gasteiger partial charge is 0.493 e. The molecule has 3 amide bonds. The average molecular weight is 590 g/mol. The van der Waals surface area contributed by atoms with Crippen LogP contribution in [0.1, 0.15) is 65.9 Å². The predicted octanol–water partition coefficient (Wildman–Crippen LogP) is 3.42. The van der Waals surface area contributed by atoms with Crippen molar-refractivity contribution in [1.82, 2.24) is 25.3 Å². The fourth-order valence-electron chi connectivity index (χ4n) is 5.62. The van der Waals surface area contributed by atoms with E-state index in [1.54, 1.807) is 35.4 Å². The quantitative estimate of drug-likeness (QED) is 0.464. The van der Waals surface area contributed by atoms with Gasteiger partial charge in [0.25, 0.3) is 5.91 Å². The van der Waals surface area contributed by atoms with Crippen molar-refractivity contribution in [3.63, 3.8) is 0 Å². The number of aryl methyl sites for hydroxylation is 1. The van der Waals surface area contributed by atoms with Crippen LogP contribution >= 0.6 is 0 Å². The number of aromatic nitrogens is 2. The van der Waals surface area contributed by atoms with Gasteiger partial charge in [-0.3, -0.25) is 19.4 Å². The van der Waals surface area contributed by atoms with Gasteiger partial charge in [-0.15, -0.1) is 0 Å². The molecule has 2 aliphatic heterocycles. The van der Waals surface area contributed by atoms with Crippen LogP contribution in [0.5, 0.6) is 11.5 Å². The number of pyridine rings is 1. The SMILES string of the molecule is COc1ccc2cc1OCCN(C(=O)c1cc(C(C)C)on1)CCCNC(=O)[C@H]1CN(C(=O)CCc3cccnc3)C[C@H]21. The van der Waals surface area contributed by atoms with Crippen LogP contribution in [0.25, 0.3) is 0 Å². The van der Waals surface area contributed by atoms with E-state index in [1.165, 1.54) is 0 Å². The van der Waals surface area contributed by atoms with Crippen LogP contribution in [-0.2, 0) is 16.0 Å². The van der Waals surface area contributed by atoms with Crippen molar-refractivity contribution in [3.05, 3.63) is 71.4 Å². The third kappa shape index (κ3) is 7.15. The average Bonchev–Trinajstić information content (AvgIpc) is 3.70. The van der Waals surface area contributed by atoms with Crippen molar-refractivity contribution in [2.75, 3.05) is 46.4 Å². The number of hydrogen-bond donors (Lipinski definition) is 1.